The van der Waals surface area contributed by atoms with Crippen molar-refractivity contribution in [3.05, 3.63) is 35.9 Å². The molecule has 1 aromatic carbocycles. The Labute approximate surface area is 390 Å². The summed E-state index contributed by atoms with van der Waals surface area (Å²) in [6.07, 6.45) is 6.37. The predicted octanol–water partition coefficient (Wildman–Crippen LogP) is -1.25. The van der Waals surface area contributed by atoms with Crippen LogP contribution in [0.15, 0.2) is 30.3 Å². The van der Waals surface area contributed by atoms with E-state index in [1.165, 1.54) is 0 Å². The van der Waals surface area contributed by atoms with Crippen molar-refractivity contribution in [1.82, 2.24) is 31.9 Å². The minimum absolute atomic E-state index is 0.00222. The Hall–Kier alpha value is -3.23. The molecule has 63 heavy (non-hydrogen) atoms. The molecule has 0 spiro atoms. The van der Waals surface area contributed by atoms with Crippen molar-refractivity contribution in [3.8, 4) is 0 Å². The number of aliphatic hydroxyl groups is 1. The number of thiol groups is 3. The van der Waals surface area contributed by atoms with Gasteiger partial charge < -0.3 is 58.2 Å². The summed E-state index contributed by atoms with van der Waals surface area (Å²) in [5, 5.41) is 25.0. The fraction of sp³-hybridized carbons (Fsp3) is 0.700. The van der Waals surface area contributed by atoms with Crippen LogP contribution in [-0.4, -0.2) is 142 Å². The van der Waals surface area contributed by atoms with Crippen molar-refractivity contribution >= 4 is 73.5 Å². The molecule has 0 heterocycles. The molecule has 23 heteroatoms. The molecule has 0 aliphatic rings. The van der Waals surface area contributed by atoms with Crippen LogP contribution in [0.5, 0.6) is 0 Å². The first-order valence-electron chi connectivity index (χ1n) is 20.6. The zero-order chi connectivity index (χ0) is 48.8. The number of carbonyl (C=O) groups is 6. The Morgan fingerprint density at radius 2 is 0.921 bits per heavy atom. The average Bonchev–Trinajstić information content (AvgIpc) is 3.27. The Morgan fingerprint density at radius 1 is 0.571 bits per heavy atom. The molecule has 1 rings (SSSR count). The van der Waals surface area contributed by atoms with E-state index in [1.54, 1.807) is 18.8 Å². The molecule has 0 aliphatic heterocycles. The molecule has 0 saturated heterocycles. The number of rotatable bonds is 30. The van der Waals surface area contributed by atoms with Crippen molar-refractivity contribution in [2.75, 3.05) is 65.3 Å². The van der Waals surface area contributed by atoms with Crippen LogP contribution in [0, 0.1) is 11.8 Å². The van der Waals surface area contributed by atoms with Crippen molar-refractivity contribution in [2.24, 2.45) is 34.8 Å². The van der Waals surface area contributed by atoms with E-state index in [2.05, 4.69) is 69.8 Å². The third-order valence-electron chi connectivity index (χ3n) is 8.42. The van der Waals surface area contributed by atoms with E-state index < -0.39 is 78.6 Å². The highest BCUT2D eigenvalue weighted by Gasteiger charge is 2.25. The first-order chi connectivity index (χ1) is 30.1. The molecular weight excluding hydrogens is 877 g/mol. The second-order valence-corrected chi connectivity index (χ2v) is 14.2. The fourth-order valence-electron chi connectivity index (χ4n) is 5.25. The summed E-state index contributed by atoms with van der Waals surface area (Å²) in [6, 6.07) is 3.94. The van der Waals surface area contributed by atoms with E-state index in [0.717, 1.165) is 5.56 Å². The number of ether oxygens (including phenoxy) is 3. The highest BCUT2D eigenvalue weighted by Crippen LogP contribution is 2.09. The summed E-state index contributed by atoms with van der Waals surface area (Å²) >= 11 is 10.6. The third-order valence-corrected chi connectivity index (χ3v) is 8.42. The lowest BCUT2D eigenvalue weighted by Crippen LogP contribution is -2.50. The Bertz CT molecular complexity index is 1380. The molecule has 0 fully saturated rings. The van der Waals surface area contributed by atoms with Crippen LogP contribution in [0.1, 0.15) is 65.4 Å². The van der Waals surface area contributed by atoms with Gasteiger partial charge in [-0.25, -0.2) is 0 Å². The van der Waals surface area contributed by atoms with Crippen molar-refractivity contribution in [3.63, 3.8) is 0 Å². The van der Waals surface area contributed by atoms with Crippen LogP contribution in [0.3, 0.4) is 0 Å². The largest absolute Gasteiger partial charge is 0.464 e. The quantitative estimate of drug-likeness (QED) is 0.0185. The van der Waals surface area contributed by atoms with E-state index in [0.29, 0.717) is 12.8 Å². The van der Waals surface area contributed by atoms with Gasteiger partial charge in [-0.15, -0.1) is 0 Å². The Balaban J connectivity index is -0.00000573. The van der Waals surface area contributed by atoms with Crippen LogP contribution in [0.2, 0.25) is 0 Å². The lowest BCUT2D eigenvalue weighted by Gasteiger charge is -2.21. The summed E-state index contributed by atoms with van der Waals surface area (Å²) in [7, 11) is 0. The molecule has 3 amide bonds. The number of carbonyl (C=O) groups excluding carboxylic acids is 6. The standard InChI is InChI=1S/C37H66N10O10.3CH4S/c1-23(2)16-29(42-19-38)35(52)55-13-10-26(39)32(49)45-20-43-30(17-24(3)4)36(53)56-14-11-27(40)33(50)46-21-44-31(18-25-8-6-5-7-9-25)37(54)57-15-12-28(41)34(51)47-22-48;3*1-2/h5-9,23-24,26-31,42-44,48H,10-22,38-41H2,1-4H3,(H,45,49)(H,46,50)(H,47,51);3*2H,1H3/t26-,27-,28-,29-,30-,31-;;;/m0.../s1. The predicted molar refractivity (Wildman–Crippen MR) is 256 cm³/mol. The molecule has 0 saturated carbocycles. The van der Waals surface area contributed by atoms with Crippen molar-refractivity contribution in [2.45, 2.75) is 102 Å². The number of esters is 3. The maximum Gasteiger partial charge on any atom is 0.323 e. The van der Waals surface area contributed by atoms with Gasteiger partial charge in [0.25, 0.3) is 0 Å². The molecule has 0 unspecified atom stereocenters. The topological polar surface area (TPSA) is 327 Å². The second kappa shape index (κ2) is 41.5. The average molecular weight is 955 g/mol. The van der Waals surface area contributed by atoms with Gasteiger partial charge in [-0.1, -0.05) is 58.0 Å². The van der Waals surface area contributed by atoms with Crippen LogP contribution < -0.4 is 54.8 Å². The van der Waals surface area contributed by atoms with Gasteiger partial charge >= 0.3 is 17.9 Å². The number of amides is 3. The van der Waals surface area contributed by atoms with Gasteiger partial charge in [-0.2, -0.15) is 37.9 Å². The number of benzene rings is 1. The molecule has 6 atom stereocenters. The minimum atomic E-state index is -1.04. The number of nitrogens with one attached hydrogen (secondary N) is 6. The maximum absolute atomic E-state index is 12.9. The molecule has 20 nitrogen and oxygen atoms in total. The van der Waals surface area contributed by atoms with E-state index in [-0.39, 0.29) is 77.3 Å². The first kappa shape index (κ1) is 64.1. The van der Waals surface area contributed by atoms with E-state index in [9.17, 15) is 28.8 Å². The van der Waals surface area contributed by atoms with Crippen LogP contribution >= 0.6 is 37.9 Å². The number of hydrogen-bond donors (Lipinski definition) is 14. The Kier molecular flexibility index (Phi) is 42.2. The lowest BCUT2D eigenvalue weighted by atomic mass is 10.0. The van der Waals surface area contributed by atoms with Gasteiger partial charge in [0.05, 0.1) is 51.3 Å². The smallest absolute Gasteiger partial charge is 0.323 e. The SMILES string of the molecule is CC(C)C[C@H](NCN)C(=O)OCC[C@H](N)C(=O)NCN[C@@H](CC(C)C)C(=O)OCC[C@H](N)C(=O)NCN[C@@H](Cc1ccccc1)C(=O)OCC[C@H](N)C(=O)NCO.CS.CS.CS. The third kappa shape index (κ3) is 32.1. The van der Waals surface area contributed by atoms with E-state index in [4.69, 9.17) is 42.3 Å². The zero-order valence-electron chi connectivity index (χ0n) is 38.0. The molecule has 0 aliphatic carbocycles. The number of hydrogen-bond acceptors (Lipinski definition) is 20. The molecule has 0 radical (unpaired) electrons. The fourth-order valence-corrected chi connectivity index (χ4v) is 5.25. The van der Waals surface area contributed by atoms with Crippen LogP contribution in [0.25, 0.3) is 0 Å². The molecule has 15 N–H and O–H groups in total. The van der Waals surface area contributed by atoms with Gasteiger partial charge in [0.2, 0.25) is 17.7 Å². The minimum Gasteiger partial charge on any atom is -0.464 e. The normalized spacial score (nSPS) is 13.3. The van der Waals surface area contributed by atoms with Crippen molar-refractivity contribution < 1.29 is 48.1 Å². The summed E-state index contributed by atoms with van der Waals surface area (Å²) in [5.74, 6) is -3.00. The summed E-state index contributed by atoms with van der Waals surface area (Å²) in [6.45, 7) is 6.75. The molecular formula is C40H78N10O10S3. The molecule has 0 bridgehead atoms. The van der Waals surface area contributed by atoms with Crippen LogP contribution in [0.4, 0.5) is 0 Å². The van der Waals surface area contributed by atoms with E-state index >= 15 is 0 Å². The van der Waals surface area contributed by atoms with Gasteiger partial charge in [0, 0.05) is 25.9 Å². The lowest BCUT2D eigenvalue weighted by molar-refractivity contribution is -0.147. The highest BCUT2D eigenvalue weighted by atomic mass is 32.1. The Morgan fingerprint density at radius 3 is 1.29 bits per heavy atom. The van der Waals surface area contributed by atoms with Gasteiger partial charge in [0.1, 0.15) is 24.9 Å². The van der Waals surface area contributed by atoms with E-state index in [1.807, 2.05) is 58.0 Å². The number of nitrogens with two attached hydrogens (primary N) is 4. The highest BCUT2D eigenvalue weighted by molar-refractivity contribution is 7.79. The number of aliphatic hydroxyl groups excluding tert-OH is 1. The summed E-state index contributed by atoms with van der Waals surface area (Å²) < 4.78 is 16.0. The monoisotopic (exact) mass is 955 g/mol. The van der Waals surface area contributed by atoms with Gasteiger partial charge in [0.15, 0.2) is 0 Å². The molecule has 1 aromatic rings. The molecule has 366 valence electrons. The first-order valence-corrected chi connectivity index (χ1v) is 23.3. The second-order valence-electron chi connectivity index (χ2n) is 14.2. The van der Waals surface area contributed by atoms with Gasteiger partial charge in [-0.05, 0) is 55.4 Å². The van der Waals surface area contributed by atoms with Crippen molar-refractivity contribution in [1.29, 1.82) is 0 Å². The molecule has 0 aromatic heterocycles. The van der Waals surface area contributed by atoms with Gasteiger partial charge in [-0.3, -0.25) is 44.7 Å². The van der Waals surface area contributed by atoms with Crippen LogP contribution in [-0.2, 0) is 49.4 Å². The zero-order valence-corrected chi connectivity index (χ0v) is 40.7. The summed E-state index contributed by atoms with van der Waals surface area (Å²) in [5.41, 5.74) is 24.1. The summed E-state index contributed by atoms with van der Waals surface area (Å²) in [4.78, 5) is 75.2. The maximum atomic E-state index is 12.9.